The monoisotopic (exact) mass is 382 g/mol. The summed E-state index contributed by atoms with van der Waals surface area (Å²) in [6.45, 7) is 5.19. The summed E-state index contributed by atoms with van der Waals surface area (Å²) >= 11 is 0. The van der Waals surface area contributed by atoms with Crippen molar-refractivity contribution in [3.05, 3.63) is 63.5 Å². The number of hydrogen-bond acceptors (Lipinski definition) is 3. The molecular formula is C21H23FN4O2. The molecule has 1 atom stereocenters. The van der Waals surface area contributed by atoms with Crippen LogP contribution in [0.1, 0.15) is 48.5 Å². The molecule has 0 bridgehead atoms. The fourth-order valence-corrected chi connectivity index (χ4v) is 3.54. The van der Waals surface area contributed by atoms with Gasteiger partial charge in [0.25, 0.3) is 5.56 Å². The highest BCUT2D eigenvalue weighted by molar-refractivity contribution is 5.83. The van der Waals surface area contributed by atoms with E-state index in [2.05, 4.69) is 15.0 Å². The topological polar surface area (TPSA) is 68.9 Å². The lowest BCUT2D eigenvalue weighted by molar-refractivity contribution is -0.122. The number of hydrogen-bond donors (Lipinski definition) is 1. The van der Waals surface area contributed by atoms with Crippen LogP contribution in [0.2, 0.25) is 0 Å². The van der Waals surface area contributed by atoms with Crippen molar-refractivity contribution in [2.75, 3.05) is 0 Å². The smallest absolute Gasteiger partial charge is 0.276 e. The molecule has 1 amide bonds. The molecule has 0 aliphatic heterocycles. The van der Waals surface area contributed by atoms with Crippen LogP contribution in [-0.4, -0.2) is 20.3 Å². The van der Waals surface area contributed by atoms with Crippen molar-refractivity contribution in [2.45, 2.75) is 52.2 Å². The quantitative estimate of drug-likeness (QED) is 0.737. The Hall–Kier alpha value is -2.96. The first-order chi connectivity index (χ1) is 13.3. The molecule has 0 radical (unpaired) electrons. The number of aromatic nitrogens is 3. The predicted octanol–water partition coefficient (Wildman–Crippen LogP) is 3.17. The van der Waals surface area contributed by atoms with Gasteiger partial charge in [0.2, 0.25) is 5.91 Å². The fourth-order valence-electron chi connectivity index (χ4n) is 3.54. The highest BCUT2D eigenvalue weighted by Gasteiger charge is 2.26. The lowest BCUT2D eigenvalue weighted by Crippen LogP contribution is -2.35. The second-order valence-electron chi connectivity index (χ2n) is 7.62. The molecule has 1 fully saturated rings. The molecule has 0 saturated heterocycles. The summed E-state index contributed by atoms with van der Waals surface area (Å²) in [4.78, 5) is 25.3. The maximum Gasteiger partial charge on any atom is 0.276 e. The van der Waals surface area contributed by atoms with Gasteiger partial charge in [-0.3, -0.25) is 9.59 Å². The summed E-state index contributed by atoms with van der Waals surface area (Å²) in [6.07, 6.45) is 5.89. The third-order valence-electron chi connectivity index (χ3n) is 5.34. The van der Waals surface area contributed by atoms with Crippen LogP contribution in [0.5, 0.6) is 0 Å². The van der Waals surface area contributed by atoms with Gasteiger partial charge in [-0.25, -0.2) is 9.07 Å². The van der Waals surface area contributed by atoms with Crippen molar-refractivity contribution < 1.29 is 9.18 Å². The van der Waals surface area contributed by atoms with Gasteiger partial charge in [0.1, 0.15) is 12.4 Å². The average Bonchev–Trinajstić information content (AvgIpc) is 3.43. The molecule has 1 aliphatic rings. The summed E-state index contributed by atoms with van der Waals surface area (Å²) in [5.41, 5.74) is 2.68. The Morgan fingerprint density at radius 3 is 2.75 bits per heavy atom. The molecule has 1 saturated carbocycles. The second kappa shape index (κ2) is 6.89. The number of fused-ring (bicyclic) bond motifs is 1. The molecule has 6 nitrogen and oxygen atoms in total. The minimum absolute atomic E-state index is 0.179. The minimum atomic E-state index is -0.375. The van der Waals surface area contributed by atoms with Crippen LogP contribution in [0.15, 0.2) is 35.4 Å². The Bertz CT molecular complexity index is 1130. The number of carbonyl (C=O) groups excluding carboxylic acids is 1. The zero-order valence-corrected chi connectivity index (χ0v) is 16.2. The lowest BCUT2D eigenvalue weighted by atomic mass is 10.1. The summed E-state index contributed by atoms with van der Waals surface area (Å²) < 4.78 is 17.0. The van der Waals surface area contributed by atoms with Crippen LogP contribution in [0.25, 0.3) is 10.9 Å². The molecule has 0 spiro atoms. The summed E-state index contributed by atoms with van der Waals surface area (Å²) in [5.74, 6) is -0.653. The van der Waals surface area contributed by atoms with Crippen molar-refractivity contribution in [3.63, 3.8) is 0 Å². The van der Waals surface area contributed by atoms with E-state index in [9.17, 15) is 14.0 Å². The van der Waals surface area contributed by atoms with E-state index >= 15 is 0 Å². The highest BCUT2D eigenvalue weighted by atomic mass is 19.1. The van der Waals surface area contributed by atoms with E-state index in [0.717, 1.165) is 23.9 Å². The number of benzene rings is 1. The maximum absolute atomic E-state index is 13.8. The normalized spacial score (nSPS) is 15.0. The van der Waals surface area contributed by atoms with Crippen LogP contribution >= 0.6 is 0 Å². The van der Waals surface area contributed by atoms with E-state index in [1.807, 2.05) is 13.1 Å². The molecule has 0 unspecified atom stereocenters. The Labute approximate surface area is 162 Å². The number of rotatable bonds is 5. The molecule has 1 aliphatic carbocycles. The van der Waals surface area contributed by atoms with E-state index in [1.54, 1.807) is 32.2 Å². The lowest BCUT2D eigenvalue weighted by Gasteiger charge is -2.15. The number of nitrogens with zero attached hydrogens (tertiary/aromatic N) is 3. The molecule has 7 heteroatoms. The number of aryl methyl sites for hydroxylation is 2. The molecule has 2 aromatic heterocycles. The average molecular weight is 382 g/mol. The number of halogens is 1. The van der Waals surface area contributed by atoms with Crippen molar-refractivity contribution in [1.29, 1.82) is 0 Å². The van der Waals surface area contributed by atoms with E-state index in [0.29, 0.717) is 22.6 Å². The number of carbonyl (C=O) groups is 1. The second-order valence-corrected chi connectivity index (χ2v) is 7.62. The highest BCUT2D eigenvalue weighted by Crippen LogP contribution is 2.37. The van der Waals surface area contributed by atoms with Crippen LogP contribution < -0.4 is 10.9 Å². The molecular weight excluding hydrogens is 359 g/mol. The van der Waals surface area contributed by atoms with Gasteiger partial charge in [-0.15, -0.1) is 0 Å². The summed E-state index contributed by atoms with van der Waals surface area (Å²) in [5, 5.41) is 7.62. The molecule has 3 aromatic rings. The third kappa shape index (κ3) is 3.32. The maximum atomic E-state index is 13.8. The van der Waals surface area contributed by atoms with Crippen LogP contribution in [-0.2, 0) is 11.3 Å². The first-order valence-electron chi connectivity index (χ1n) is 9.48. The van der Waals surface area contributed by atoms with Gasteiger partial charge in [-0.1, -0.05) is 12.1 Å². The van der Waals surface area contributed by atoms with Crippen molar-refractivity contribution >= 4 is 16.8 Å². The van der Waals surface area contributed by atoms with Crippen molar-refractivity contribution in [3.8, 4) is 0 Å². The van der Waals surface area contributed by atoms with Crippen LogP contribution in [0.3, 0.4) is 0 Å². The van der Waals surface area contributed by atoms with Gasteiger partial charge in [0.15, 0.2) is 0 Å². The molecule has 28 heavy (non-hydrogen) atoms. The zero-order valence-electron chi connectivity index (χ0n) is 16.2. The van der Waals surface area contributed by atoms with Gasteiger partial charge in [-0.05, 0) is 56.4 Å². The molecule has 2 heterocycles. The van der Waals surface area contributed by atoms with E-state index in [4.69, 9.17) is 0 Å². The first-order valence-corrected chi connectivity index (χ1v) is 9.48. The summed E-state index contributed by atoms with van der Waals surface area (Å²) in [7, 11) is 0. The van der Waals surface area contributed by atoms with E-state index < -0.39 is 0 Å². The number of amides is 1. The third-order valence-corrected chi connectivity index (χ3v) is 5.34. The van der Waals surface area contributed by atoms with Gasteiger partial charge < -0.3 is 9.88 Å². The van der Waals surface area contributed by atoms with Crippen molar-refractivity contribution in [1.82, 2.24) is 19.7 Å². The molecule has 1 aromatic carbocycles. The Morgan fingerprint density at radius 2 is 2.07 bits per heavy atom. The Balaban J connectivity index is 1.53. The SMILES string of the molecule is Cc1ccc([C@H](C)NC(=O)Cn2ncc3c(c(C)cn3C3CC3)c2=O)cc1F. The van der Waals surface area contributed by atoms with Gasteiger partial charge >= 0.3 is 0 Å². The van der Waals surface area contributed by atoms with Crippen molar-refractivity contribution in [2.24, 2.45) is 0 Å². The number of nitrogens with one attached hydrogen (secondary N) is 1. The Morgan fingerprint density at radius 1 is 1.32 bits per heavy atom. The van der Waals surface area contributed by atoms with Gasteiger partial charge in [-0.2, -0.15) is 5.10 Å². The molecule has 146 valence electrons. The van der Waals surface area contributed by atoms with E-state index in [1.165, 1.54) is 10.7 Å². The summed E-state index contributed by atoms with van der Waals surface area (Å²) in [6, 6.07) is 4.96. The first kappa shape index (κ1) is 18.4. The minimum Gasteiger partial charge on any atom is -0.348 e. The predicted molar refractivity (Wildman–Crippen MR) is 105 cm³/mol. The largest absolute Gasteiger partial charge is 0.348 e. The fraction of sp³-hybridized carbons (Fsp3) is 0.381. The molecule has 1 N–H and O–H groups in total. The van der Waals surface area contributed by atoms with E-state index in [-0.39, 0.29) is 29.9 Å². The zero-order chi connectivity index (χ0) is 20.0. The molecule has 4 rings (SSSR count). The van der Waals surface area contributed by atoms with Crippen LogP contribution in [0, 0.1) is 19.7 Å². The van der Waals surface area contributed by atoms with Gasteiger partial charge in [0, 0.05) is 12.2 Å². The van der Waals surface area contributed by atoms with Gasteiger partial charge in [0.05, 0.1) is 23.1 Å². The standard InChI is InChI=1S/C21H23FN4O2/c1-12-4-5-15(8-17(12)22)14(3)24-19(27)11-26-21(28)20-13(2)10-25(16-6-7-16)18(20)9-23-26/h4-5,8-10,14,16H,6-7,11H2,1-3H3,(H,24,27)/t14-/m0/s1. The van der Waals surface area contributed by atoms with Crippen LogP contribution in [0.4, 0.5) is 4.39 Å². The Kier molecular flexibility index (Phi) is 4.53.